The lowest BCUT2D eigenvalue weighted by Gasteiger charge is -2.36. The molecule has 0 aromatic heterocycles. The molecule has 6 heteroatoms. The van der Waals surface area contributed by atoms with E-state index in [-0.39, 0.29) is 11.9 Å². The molecule has 0 bridgehead atoms. The van der Waals surface area contributed by atoms with Crippen LogP contribution >= 0.6 is 23.2 Å². The number of hydrogen-bond donors (Lipinski definition) is 1. The van der Waals surface area contributed by atoms with Gasteiger partial charge in [0, 0.05) is 41.9 Å². The summed E-state index contributed by atoms with van der Waals surface area (Å²) in [6.45, 7) is 5.89. The van der Waals surface area contributed by atoms with Gasteiger partial charge in [0.1, 0.15) is 0 Å². The Bertz CT molecular complexity index is 743. The van der Waals surface area contributed by atoms with E-state index in [0.717, 1.165) is 42.5 Å². The SMILES string of the molecule is C[C@@H](NC(=O)CN1CCN(c2cccc(Cl)c2)CC1)c1ccc(Cl)cc1. The number of rotatable bonds is 5. The topological polar surface area (TPSA) is 35.6 Å². The number of carbonyl (C=O) groups excluding carboxylic acids is 1. The molecule has 1 N–H and O–H groups in total. The van der Waals surface area contributed by atoms with Crippen molar-refractivity contribution in [2.45, 2.75) is 13.0 Å². The number of carbonyl (C=O) groups is 1. The first-order valence-electron chi connectivity index (χ1n) is 8.79. The molecule has 1 fully saturated rings. The highest BCUT2D eigenvalue weighted by Crippen LogP contribution is 2.21. The maximum absolute atomic E-state index is 12.3. The van der Waals surface area contributed by atoms with Crippen LogP contribution in [0.25, 0.3) is 0 Å². The van der Waals surface area contributed by atoms with Gasteiger partial charge in [0.25, 0.3) is 0 Å². The van der Waals surface area contributed by atoms with Crippen LogP contribution in [-0.4, -0.2) is 43.5 Å². The van der Waals surface area contributed by atoms with Crippen LogP contribution in [0.4, 0.5) is 5.69 Å². The molecule has 0 spiro atoms. The summed E-state index contributed by atoms with van der Waals surface area (Å²) >= 11 is 12.0. The van der Waals surface area contributed by atoms with Gasteiger partial charge in [-0.1, -0.05) is 41.4 Å². The van der Waals surface area contributed by atoms with Crippen LogP contribution in [0.15, 0.2) is 48.5 Å². The summed E-state index contributed by atoms with van der Waals surface area (Å²) in [5.74, 6) is 0.0451. The average Bonchev–Trinajstić information content (AvgIpc) is 2.62. The summed E-state index contributed by atoms with van der Waals surface area (Å²) in [6.07, 6.45) is 0. The van der Waals surface area contributed by atoms with Gasteiger partial charge in [-0.15, -0.1) is 0 Å². The standard InChI is InChI=1S/C20H23Cl2N3O/c1-15(16-5-7-17(21)8-6-16)23-20(26)14-24-9-11-25(12-10-24)19-4-2-3-18(22)13-19/h2-8,13,15H,9-12,14H2,1H3,(H,23,26)/t15-/m1/s1. The first-order valence-corrected chi connectivity index (χ1v) is 9.54. The minimum atomic E-state index is -0.0347. The Balaban J connectivity index is 1.46. The van der Waals surface area contributed by atoms with Crippen molar-refractivity contribution in [3.63, 3.8) is 0 Å². The highest BCUT2D eigenvalue weighted by Gasteiger charge is 2.20. The van der Waals surface area contributed by atoms with Crippen molar-refractivity contribution in [1.29, 1.82) is 0 Å². The van der Waals surface area contributed by atoms with Crippen LogP contribution in [0, 0.1) is 0 Å². The first-order chi connectivity index (χ1) is 12.5. The zero-order chi connectivity index (χ0) is 18.5. The second kappa shape index (κ2) is 8.76. The van der Waals surface area contributed by atoms with Crippen LogP contribution < -0.4 is 10.2 Å². The van der Waals surface area contributed by atoms with E-state index in [1.807, 2.05) is 49.4 Å². The number of amides is 1. The van der Waals surface area contributed by atoms with Gasteiger partial charge in [-0.25, -0.2) is 0 Å². The summed E-state index contributed by atoms with van der Waals surface area (Å²) in [5.41, 5.74) is 2.19. The Morgan fingerprint density at radius 2 is 1.73 bits per heavy atom. The van der Waals surface area contributed by atoms with Gasteiger partial charge in [0.2, 0.25) is 5.91 Å². The third-order valence-corrected chi connectivity index (χ3v) is 5.15. The second-order valence-corrected chi connectivity index (χ2v) is 7.46. The molecule has 2 aromatic rings. The molecule has 138 valence electrons. The number of benzene rings is 2. The molecule has 26 heavy (non-hydrogen) atoms. The highest BCUT2D eigenvalue weighted by molar-refractivity contribution is 6.31. The van der Waals surface area contributed by atoms with Gasteiger partial charge >= 0.3 is 0 Å². The Morgan fingerprint density at radius 3 is 2.38 bits per heavy atom. The molecule has 0 radical (unpaired) electrons. The molecule has 1 saturated heterocycles. The maximum Gasteiger partial charge on any atom is 0.234 e. The lowest BCUT2D eigenvalue weighted by molar-refractivity contribution is -0.123. The van der Waals surface area contributed by atoms with Crippen molar-refractivity contribution in [2.75, 3.05) is 37.6 Å². The Morgan fingerprint density at radius 1 is 1.04 bits per heavy atom. The molecular weight excluding hydrogens is 369 g/mol. The van der Waals surface area contributed by atoms with Crippen LogP contribution in [0.2, 0.25) is 10.0 Å². The molecule has 1 amide bonds. The summed E-state index contributed by atoms with van der Waals surface area (Å²) in [7, 11) is 0. The number of nitrogens with one attached hydrogen (secondary N) is 1. The second-order valence-electron chi connectivity index (χ2n) is 6.58. The van der Waals surface area contributed by atoms with Gasteiger partial charge in [-0.05, 0) is 42.8 Å². The molecule has 0 unspecified atom stereocenters. The zero-order valence-electron chi connectivity index (χ0n) is 14.8. The fourth-order valence-electron chi connectivity index (χ4n) is 3.16. The Kier molecular flexibility index (Phi) is 6.41. The third kappa shape index (κ3) is 5.13. The largest absolute Gasteiger partial charge is 0.369 e. The number of hydrogen-bond acceptors (Lipinski definition) is 3. The van der Waals surface area contributed by atoms with Crippen LogP contribution in [0.3, 0.4) is 0 Å². The predicted octanol–water partition coefficient (Wildman–Crippen LogP) is 3.99. The van der Waals surface area contributed by atoms with Gasteiger partial charge in [-0.2, -0.15) is 0 Å². The van der Waals surface area contributed by atoms with E-state index < -0.39 is 0 Å². The lowest BCUT2D eigenvalue weighted by atomic mass is 10.1. The van der Waals surface area contributed by atoms with E-state index in [0.29, 0.717) is 11.6 Å². The fraction of sp³-hybridized carbons (Fsp3) is 0.350. The van der Waals surface area contributed by atoms with Crippen molar-refractivity contribution >= 4 is 34.8 Å². The zero-order valence-corrected chi connectivity index (χ0v) is 16.3. The van der Waals surface area contributed by atoms with Crippen LogP contribution in [0.1, 0.15) is 18.5 Å². The number of nitrogens with zero attached hydrogens (tertiary/aromatic N) is 2. The van der Waals surface area contributed by atoms with Gasteiger partial charge in [0.15, 0.2) is 0 Å². The summed E-state index contributed by atoms with van der Waals surface area (Å²) < 4.78 is 0. The van der Waals surface area contributed by atoms with Crippen LogP contribution in [0.5, 0.6) is 0 Å². The lowest BCUT2D eigenvalue weighted by Crippen LogP contribution is -2.49. The normalized spacial score (nSPS) is 16.3. The molecular formula is C20H23Cl2N3O. The third-order valence-electron chi connectivity index (χ3n) is 4.66. The van der Waals surface area contributed by atoms with E-state index in [2.05, 4.69) is 21.2 Å². The van der Waals surface area contributed by atoms with Gasteiger partial charge in [0.05, 0.1) is 12.6 Å². The highest BCUT2D eigenvalue weighted by atomic mass is 35.5. The molecule has 0 aliphatic carbocycles. The summed E-state index contributed by atoms with van der Waals surface area (Å²) in [5, 5.41) is 4.51. The smallest absolute Gasteiger partial charge is 0.234 e. The van der Waals surface area contributed by atoms with Gasteiger partial charge in [-0.3, -0.25) is 9.69 Å². The van der Waals surface area contributed by atoms with Crippen molar-refractivity contribution in [1.82, 2.24) is 10.2 Å². The number of halogens is 2. The molecule has 4 nitrogen and oxygen atoms in total. The quantitative estimate of drug-likeness (QED) is 0.836. The Hall–Kier alpha value is -1.75. The molecule has 1 atom stereocenters. The number of anilines is 1. The van der Waals surface area contributed by atoms with Crippen molar-refractivity contribution in [2.24, 2.45) is 0 Å². The van der Waals surface area contributed by atoms with Crippen molar-refractivity contribution in [3.8, 4) is 0 Å². The minimum Gasteiger partial charge on any atom is -0.369 e. The minimum absolute atomic E-state index is 0.0347. The number of piperazine rings is 1. The monoisotopic (exact) mass is 391 g/mol. The molecule has 0 saturated carbocycles. The molecule has 1 heterocycles. The summed E-state index contributed by atoms with van der Waals surface area (Å²) in [4.78, 5) is 16.8. The van der Waals surface area contributed by atoms with Crippen molar-refractivity contribution < 1.29 is 4.79 Å². The van der Waals surface area contributed by atoms with E-state index in [9.17, 15) is 4.79 Å². The predicted molar refractivity (Wildman–Crippen MR) is 108 cm³/mol. The van der Waals surface area contributed by atoms with Crippen molar-refractivity contribution in [3.05, 3.63) is 64.1 Å². The van der Waals surface area contributed by atoms with E-state index in [1.165, 1.54) is 0 Å². The molecule has 2 aromatic carbocycles. The average molecular weight is 392 g/mol. The molecule has 1 aliphatic heterocycles. The Labute approximate surface area is 164 Å². The molecule has 3 rings (SSSR count). The first kappa shape index (κ1) is 19.0. The molecule has 1 aliphatic rings. The fourth-order valence-corrected chi connectivity index (χ4v) is 3.47. The summed E-state index contributed by atoms with van der Waals surface area (Å²) in [6, 6.07) is 15.4. The van der Waals surface area contributed by atoms with E-state index in [4.69, 9.17) is 23.2 Å². The van der Waals surface area contributed by atoms with Gasteiger partial charge < -0.3 is 10.2 Å². The van der Waals surface area contributed by atoms with E-state index in [1.54, 1.807) is 0 Å². The maximum atomic E-state index is 12.3. The van der Waals surface area contributed by atoms with Crippen LogP contribution in [-0.2, 0) is 4.79 Å². The van der Waals surface area contributed by atoms with E-state index >= 15 is 0 Å².